The maximum absolute atomic E-state index is 10.5. The molecule has 0 spiro atoms. The van der Waals surface area contributed by atoms with E-state index < -0.39 is 7.60 Å². The highest BCUT2D eigenvalue weighted by atomic mass is 31.2. The van der Waals surface area contributed by atoms with Gasteiger partial charge in [-0.25, -0.2) is 0 Å². The Morgan fingerprint density at radius 1 is 1.67 bits per heavy atom. The van der Waals surface area contributed by atoms with E-state index in [0.29, 0.717) is 16.7 Å². The minimum absolute atomic E-state index is 0.331. The summed E-state index contributed by atoms with van der Waals surface area (Å²) >= 11 is 0. The summed E-state index contributed by atoms with van der Waals surface area (Å²) in [5.41, 5.74) is 0. The van der Waals surface area contributed by atoms with E-state index in [1.165, 1.54) is 0 Å². The average molecular weight is 168 g/mol. The standard InChI is InChI=1S/C4H13O3PSi/c1-2-3-4(9)8(5,6)7/h4H,2-3H2,1,9H3,(H2,5,6,7). The van der Waals surface area contributed by atoms with Crippen molar-refractivity contribution in [1.29, 1.82) is 0 Å². The summed E-state index contributed by atoms with van der Waals surface area (Å²) in [6.45, 7) is 1.93. The molecule has 0 aliphatic rings. The van der Waals surface area contributed by atoms with Crippen LogP contribution >= 0.6 is 7.60 Å². The third kappa shape index (κ3) is 3.87. The predicted molar refractivity (Wildman–Crippen MR) is 40.7 cm³/mol. The van der Waals surface area contributed by atoms with Crippen molar-refractivity contribution in [1.82, 2.24) is 0 Å². The molecule has 1 unspecified atom stereocenters. The summed E-state index contributed by atoms with van der Waals surface area (Å²) in [5.74, 6) is 0. The van der Waals surface area contributed by atoms with Crippen LogP contribution in [0.15, 0.2) is 0 Å². The largest absolute Gasteiger partial charge is 0.324 e. The molecule has 56 valence electrons. The topological polar surface area (TPSA) is 57.5 Å². The SMILES string of the molecule is CCCC([SiH3])P(=O)(O)O. The summed E-state index contributed by atoms with van der Waals surface area (Å²) in [5, 5.41) is -0.331. The molecule has 0 aromatic carbocycles. The van der Waals surface area contributed by atoms with Gasteiger partial charge in [0.2, 0.25) is 0 Å². The molecule has 0 aliphatic heterocycles. The number of hydrogen-bond donors (Lipinski definition) is 2. The van der Waals surface area contributed by atoms with Gasteiger partial charge in [0.15, 0.2) is 0 Å². The highest BCUT2D eigenvalue weighted by molar-refractivity contribution is 7.54. The third-order valence-electron chi connectivity index (χ3n) is 1.28. The van der Waals surface area contributed by atoms with E-state index in [1.54, 1.807) is 0 Å². The summed E-state index contributed by atoms with van der Waals surface area (Å²) in [4.78, 5) is 17.1. The Morgan fingerprint density at radius 3 is 2.22 bits per heavy atom. The van der Waals surface area contributed by atoms with E-state index in [9.17, 15) is 4.57 Å². The van der Waals surface area contributed by atoms with Gasteiger partial charge in [-0.1, -0.05) is 13.3 Å². The molecule has 5 heteroatoms. The molecule has 0 bridgehead atoms. The summed E-state index contributed by atoms with van der Waals surface area (Å²) in [7, 11) is -3.12. The second-order valence-electron chi connectivity index (χ2n) is 2.23. The van der Waals surface area contributed by atoms with Gasteiger partial charge < -0.3 is 9.79 Å². The van der Waals surface area contributed by atoms with E-state index in [0.717, 1.165) is 6.42 Å². The van der Waals surface area contributed by atoms with Crippen LogP contribution in [0.2, 0.25) is 0 Å². The molecule has 0 saturated heterocycles. The molecule has 0 saturated carbocycles. The molecule has 3 nitrogen and oxygen atoms in total. The van der Waals surface area contributed by atoms with E-state index in [2.05, 4.69) is 0 Å². The fourth-order valence-electron chi connectivity index (χ4n) is 0.586. The van der Waals surface area contributed by atoms with E-state index in [4.69, 9.17) is 9.79 Å². The van der Waals surface area contributed by atoms with Crippen LogP contribution in [0.25, 0.3) is 0 Å². The maximum Gasteiger partial charge on any atom is 0.324 e. The smallest absolute Gasteiger partial charge is 0.324 e. The van der Waals surface area contributed by atoms with E-state index >= 15 is 0 Å². The van der Waals surface area contributed by atoms with Crippen LogP contribution in [0, 0.1) is 0 Å². The molecule has 0 rings (SSSR count). The van der Waals surface area contributed by atoms with E-state index in [1.807, 2.05) is 6.92 Å². The molecular weight excluding hydrogens is 155 g/mol. The first-order valence-corrected chi connectivity index (χ1v) is 5.87. The zero-order chi connectivity index (χ0) is 7.49. The van der Waals surface area contributed by atoms with Gasteiger partial charge in [0, 0.05) is 15.5 Å². The normalized spacial score (nSPS) is 15.9. The molecule has 1 atom stereocenters. The van der Waals surface area contributed by atoms with Crippen LogP contribution in [0.3, 0.4) is 0 Å². The molecule has 0 aliphatic carbocycles. The van der Waals surface area contributed by atoms with Crippen LogP contribution < -0.4 is 0 Å². The lowest BCUT2D eigenvalue weighted by atomic mass is 10.4. The first-order valence-electron chi connectivity index (χ1n) is 3.03. The quantitative estimate of drug-likeness (QED) is 0.447. The lowest BCUT2D eigenvalue weighted by Gasteiger charge is -2.10. The van der Waals surface area contributed by atoms with Gasteiger partial charge in [-0.2, -0.15) is 0 Å². The molecule has 0 aromatic heterocycles. The minimum Gasteiger partial charge on any atom is -0.324 e. The zero-order valence-corrected chi connectivity index (χ0v) is 8.64. The monoisotopic (exact) mass is 168 g/mol. The summed E-state index contributed by atoms with van der Waals surface area (Å²) < 4.78 is 10.5. The third-order valence-corrected chi connectivity index (χ3v) is 5.28. The fraction of sp³-hybridized carbons (Fsp3) is 1.00. The average Bonchev–Trinajstić information content (AvgIpc) is 1.64. The second-order valence-corrected chi connectivity index (χ2v) is 6.65. The van der Waals surface area contributed by atoms with Crippen LogP contribution in [0.1, 0.15) is 19.8 Å². The fourth-order valence-corrected chi connectivity index (χ4v) is 1.76. The first kappa shape index (κ1) is 9.37. The van der Waals surface area contributed by atoms with Gasteiger partial charge in [0.05, 0.1) is 0 Å². The lowest BCUT2D eigenvalue weighted by molar-refractivity contribution is 0.366. The zero-order valence-electron chi connectivity index (χ0n) is 5.74. The Morgan fingerprint density at radius 2 is 2.11 bits per heavy atom. The molecular formula is C4H13O3PSi. The molecule has 2 N–H and O–H groups in total. The van der Waals surface area contributed by atoms with Crippen molar-refractivity contribution in [2.75, 3.05) is 0 Å². The summed E-state index contributed by atoms with van der Waals surface area (Å²) in [6.07, 6.45) is 1.52. The highest BCUT2D eigenvalue weighted by Gasteiger charge is 2.21. The first-order chi connectivity index (χ1) is 3.98. The van der Waals surface area contributed by atoms with Gasteiger partial charge >= 0.3 is 7.60 Å². The van der Waals surface area contributed by atoms with Crippen LogP contribution in [0.4, 0.5) is 0 Å². The molecule has 0 fully saturated rings. The Hall–Kier alpha value is 0.367. The van der Waals surface area contributed by atoms with Crippen molar-refractivity contribution >= 4 is 17.8 Å². The molecule has 0 heterocycles. The van der Waals surface area contributed by atoms with Crippen molar-refractivity contribution in [2.45, 2.75) is 25.0 Å². The van der Waals surface area contributed by atoms with Crippen molar-refractivity contribution < 1.29 is 14.4 Å². The predicted octanol–water partition coefficient (Wildman–Crippen LogP) is -0.344. The van der Waals surface area contributed by atoms with Crippen LogP contribution in [0.5, 0.6) is 0 Å². The van der Waals surface area contributed by atoms with Gasteiger partial charge in [0.25, 0.3) is 0 Å². The maximum atomic E-state index is 10.5. The van der Waals surface area contributed by atoms with E-state index in [-0.39, 0.29) is 5.28 Å². The highest BCUT2D eigenvalue weighted by Crippen LogP contribution is 2.41. The van der Waals surface area contributed by atoms with Gasteiger partial charge in [-0.15, -0.1) is 0 Å². The van der Waals surface area contributed by atoms with Gasteiger partial charge in [0.1, 0.15) is 0 Å². The van der Waals surface area contributed by atoms with Crippen molar-refractivity contribution in [2.24, 2.45) is 0 Å². The number of hydrogen-bond acceptors (Lipinski definition) is 1. The summed E-state index contributed by atoms with van der Waals surface area (Å²) in [6, 6.07) is 0. The Balaban J connectivity index is 3.74. The Kier molecular flexibility index (Phi) is 3.66. The Bertz CT molecular complexity index is 121. The van der Waals surface area contributed by atoms with Gasteiger partial charge in [-0.3, -0.25) is 4.57 Å². The minimum atomic E-state index is -3.71. The van der Waals surface area contributed by atoms with Gasteiger partial charge in [-0.05, 0) is 6.42 Å². The van der Waals surface area contributed by atoms with Crippen molar-refractivity contribution in [3.63, 3.8) is 0 Å². The lowest BCUT2D eigenvalue weighted by Crippen LogP contribution is -2.06. The number of rotatable bonds is 3. The molecule has 9 heavy (non-hydrogen) atoms. The van der Waals surface area contributed by atoms with Crippen LogP contribution in [-0.4, -0.2) is 25.3 Å². The molecule has 0 aromatic rings. The van der Waals surface area contributed by atoms with Crippen LogP contribution in [-0.2, 0) is 4.57 Å². The molecule has 0 amide bonds. The Labute approximate surface area is 58.1 Å². The molecule has 0 radical (unpaired) electrons. The van der Waals surface area contributed by atoms with Crippen molar-refractivity contribution in [3.05, 3.63) is 0 Å². The van der Waals surface area contributed by atoms with Crippen molar-refractivity contribution in [3.8, 4) is 0 Å². The second kappa shape index (κ2) is 3.51.